The molecule has 1 fully saturated rings. The number of ketones is 1. The Labute approximate surface area is 170 Å². The van der Waals surface area contributed by atoms with Gasteiger partial charge in [-0.3, -0.25) is 4.79 Å². The van der Waals surface area contributed by atoms with E-state index in [1.165, 1.54) is 10.5 Å². The summed E-state index contributed by atoms with van der Waals surface area (Å²) in [5.74, 6) is 1.92. The molecule has 2 aliphatic rings. The van der Waals surface area contributed by atoms with Crippen molar-refractivity contribution in [2.24, 2.45) is 0 Å². The maximum atomic E-state index is 13.1. The fourth-order valence-corrected chi connectivity index (χ4v) is 4.57. The molecule has 1 atom stereocenters. The van der Waals surface area contributed by atoms with Crippen LogP contribution in [0.5, 0.6) is 11.5 Å². The Morgan fingerprint density at radius 1 is 1.07 bits per heavy atom. The maximum Gasteiger partial charge on any atom is 0.231 e. The molecule has 0 spiro atoms. The Bertz CT molecular complexity index is 1040. The topological polar surface area (TPSA) is 60.2 Å². The van der Waals surface area contributed by atoms with E-state index < -0.39 is 0 Å². The van der Waals surface area contributed by atoms with Gasteiger partial charge in [-0.15, -0.1) is 0 Å². The van der Waals surface area contributed by atoms with Gasteiger partial charge in [0.25, 0.3) is 0 Å². The van der Waals surface area contributed by atoms with Crippen molar-refractivity contribution >= 4 is 16.7 Å². The van der Waals surface area contributed by atoms with E-state index in [0.717, 1.165) is 60.7 Å². The monoisotopic (exact) mass is 393 g/mol. The minimum atomic E-state index is -0.0266. The third-order valence-corrected chi connectivity index (χ3v) is 6.35. The Morgan fingerprint density at radius 2 is 1.86 bits per heavy atom. The summed E-state index contributed by atoms with van der Waals surface area (Å²) in [7, 11) is 0. The number of aromatic amines is 1. The molecule has 2 aromatic carbocycles. The lowest BCUT2D eigenvalue weighted by Crippen LogP contribution is -3.29. The SMILES string of the molecule is C[C@H](C(=O)c1c[nH]c2ccccc12)[NH+]1CC[NH+](Cc2ccc3c(c2)OCO3)CC1. The van der Waals surface area contributed by atoms with Crippen molar-refractivity contribution in [3.63, 3.8) is 0 Å². The smallest absolute Gasteiger partial charge is 0.231 e. The highest BCUT2D eigenvalue weighted by molar-refractivity contribution is 6.09. The molecule has 1 aromatic heterocycles. The molecule has 6 nitrogen and oxygen atoms in total. The zero-order valence-corrected chi connectivity index (χ0v) is 16.7. The van der Waals surface area contributed by atoms with Crippen LogP contribution < -0.4 is 19.3 Å². The fourth-order valence-electron chi connectivity index (χ4n) is 4.57. The maximum absolute atomic E-state index is 13.1. The van der Waals surface area contributed by atoms with Gasteiger partial charge in [-0.1, -0.05) is 18.2 Å². The van der Waals surface area contributed by atoms with Crippen molar-refractivity contribution in [3.05, 3.63) is 59.8 Å². The normalized spacial score (nSPS) is 22.0. The number of hydrogen-bond acceptors (Lipinski definition) is 3. The number of aromatic nitrogens is 1. The second kappa shape index (κ2) is 7.54. The number of nitrogens with one attached hydrogen (secondary N) is 3. The average Bonchev–Trinajstić information content (AvgIpc) is 3.40. The summed E-state index contributed by atoms with van der Waals surface area (Å²) in [6.07, 6.45) is 1.87. The third-order valence-electron chi connectivity index (χ3n) is 6.35. The van der Waals surface area contributed by atoms with Crippen LogP contribution in [0.2, 0.25) is 0 Å². The molecule has 150 valence electrons. The molecule has 3 heterocycles. The van der Waals surface area contributed by atoms with E-state index in [1.54, 1.807) is 4.90 Å². The van der Waals surface area contributed by atoms with Gasteiger partial charge in [-0.05, 0) is 31.2 Å². The second-order valence-electron chi connectivity index (χ2n) is 8.11. The number of quaternary nitrogens is 2. The van der Waals surface area contributed by atoms with E-state index in [9.17, 15) is 4.79 Å². The van der Waals surface area contributed by atoms with E-state index in [4.69, 9.17) is 9.47 Å². The highest BCUT2D eigenvalue weighted by Crippen LogP contribution is 2.32. The molecule has 5 rings (SSSR count). The van der Waals surface area contributed by atoms with Gasteiger partial charge in [0, 0.05) is 28.2 Å². The van der Waals surface area contributed by atoms with Crippen molar-refractivity contribution in [2.75, 3.05) is 33.0 Å². The van der Waals surface area contributed by atoms with Gasteiger partial charge >= 0.3 is 0 Å². The Kier molecular flexibility index (Phi) is 4.73. The summed E-state index contributed by atoms with van der Waals surface area (Å²) in [6, 6.07) is 14.2. The van der Waals surface area contributed by atoms with Crippen LogP contribution in [0.25, 0.3) is 10.9 Å². The van der Waals surface area contributed by atoms with Gasteiger partial charge in [0.05, 0.1) is 0 Å². The largest absolute Gasteiger partial charge is 0.454 e. The van der Waals surface area contributed by atoms with Gasteiger partial charge in [0.15, 0.2) is 11.5 Å². The quantitative estimate of drug-likeness (QED) is 0.552. The first kappa shape index (κ1) is 18.2. The average molecular weight is 393 g/mol. The second-order valence-corrected chi connectivity index (χ2v) is 8.11. The van der Waals surface area contributed by atoms with Gasteiger partial charge in [0.2, 0.25) is 12.6 Å². The van der Waals surface area contributed by atoms with Crippen LogP contribution in [0.4, 0.5) is 0 Å². The lowest BCUT2D eigenvalue weighted by atomic mass is 10.0. The molecular formula is C23H27N3O3+2. The number of hydrogen-bond donors (Lipinski definition) is 3. The molecule has 0 radical (unpaired) electrons. The molecule has 0 amide bonds. The predicted octanol–water partition coefficient (Wildman–Crippen LogP) is 0.451. The van der Waals surface area contributed by atoms with Crippen molar-refractivity contribution < 1.29 is 24.1 Å². The molecule has 0 aliphatic carbocycles. The van der Waals surface area contributed by atoms with Crippen LogP contribution in [0.15, 0.2) is 48.7 Å². The molecule has 6 heteroatoms. The summed E-state index contributed by atoms with van der Waals surface area (Å²) in [5, 5.41) is 1.02. The molecule has 3 aromatic rings. The fraction of sp³-hybridized carbons (Fsp3) is 0.348. The Balaban J connectivity index is 1.20. The lowest BCUT2D eigenvalue weighted by Gasteiger charge is -2.32. The Hall–Kier alpha value is -2.83. The van der Waals surface area contributed by atoms with Crippen LogP contribution in [0, 0.1) is 0 Å². The molecule has 1 saturated heterocycles. The zero-order chi connectivity index (χ0) is 19.8. The summed E-state index contributed by atoms with van der Waals surface area (Å²) in [5.41, 5.74) is 3.11. The highest BCUT2D eigenvalue weighted by atomic mass is 16.7. The highest BCUT2D eigenvalue weighted by Gasteiger charge is 2.32. The number of carbonyl (C=O) groups excluding carboxylic acids is 1. The van der Waals surface area contributed by atoms with Crippen LogP contribution in [-0.4, -0.2) is 49.8 Å². The molecular weight excluding hydrogens is 366 g/mol. The standard InChI is InChI=1S/C23H25N3O3/c1-16(23(27)19-13-24-20-5-3-2-4-18(19)20)26-10-8-25(9-11-26)14-17-6-7-21-22(12-17)29-15-28-21/h2-7,12-13,16,24H,8-11,14-15H2,1H3/p+2/t16-/m1/s1. The van der Waals surface area contributed by atoms with Gasteiger partial charge in [0.1, 0.15) is 38.8 Å². The van der Waals surface area contributed by atoms with Crippen molar-refractivity contribution in [3.8, 4) is 11.5 Å². The van der Waals surface area contributed by atoms with Crippen molar-refractivity contribution in [1.82, 2.24) is 4.98 Å². The van der Waals surface area contributed by atoms with Crippen LogP contribution in [-0.2, 0) is 6.54 Å². The molecule has 0 bridgehead atoms. The summed E-state index contributed by atoms with van der Waals surface area (Å²) in [4.78, 5) is 19.3. The number of benzene rings is 2. The van der Waals surface area contributed by atoms with Crippen LogP contribution in [0.3, 0.4) is 0 Å². The third kappa shape index (κ3) is 3.50. The summed E-state index contributed by atoms with van der Waals surface area (Å²) in [6.45, 7) is 7.52. The first-order valence-corrected chi connectivity index (χ1v) is 10.4. The number of H-pyrrole nitrogens is 1. The Morgan fingerprint density at radius 3 is 2.72 bits per heavy atom. The zero-order valence-electron chi connectivity index (χ0n) is 16.7. The number of piperazine rings is 1. The molecule has 0 unspecified atom stereocenters. The van der Waals surface area contributed by atoms with Crippen molar-refractivity contribution in [2.45, 2.75) is 19.5 Å². The number of ether oxygens (including phenoxy) is 2. The minimum Gasteiger partial charge on any atom is -0.454 e. The summed E-state index contributed by atoms with van der Waals surface area (Å²) < 4.78 is 10.9. The van der Waals surface area contributed by atoms with E-state index in [-0.39, 0.29) is 11.8 Å². The predicted molar refractivity (Wildman–Crippen MR) is 110 cm³/mol. The first-order valence-electron chi connectivity index (χ1n) is 10.4. The lowest BCUT2D eigenvalue weighted by molar-refractivity contribution is -1.02. The van der Waals surface area contributed by atoms with E-state index in [1.807, 2.05) is 36.5 Å². The van der Waals surface area contributed by atoms with Gasteiger partial charge in [-0.25, -0.2) is 0 Å². The number of Topliss-reactive ketones (excluding diaryl/α,β-unsaturated/α-hetero) is 1. The molecule has 3 N–H and O–H groups in total. The first-order chi connectivity index (χ1) is 14.2. The molecule has 2 aliphatic heterocycles. The van der Waals surface area contributed by atoms with Crippen LogP contribution in [0.1, 0.15) is 22.8 Å². The molecule has 29 heavy (non-hydrogen) atoms. The number of rotatable bonds is 5. The minimum absolute atomic E-state index is 0.0266. The molecule has 0 saturated carbocycles. The van der Waals surface area contributed by atoms with Gasteiger partial charge < -0.3 is 24.3 Å². The van der Waals surface area contributed by atoms with E-state index >= 15 is 0 Å². The van der Waals surface area contributed by atoms with Crippen molar-refractivity contribution in [1.29, 1.82) is 0 Å². The number of fused-ring (bicyclic) bond motifs is 2. The van der Waals surface area contributed by atoms with Gasteiger partial charge in [-0.2, -0.15) is 0 Å². The number of carbonyl (C=O) groups is 1. The van der Waals surface area contributed by atoms with Crippen LogP contribution >= 0.6 is 0 Å². The van der Waals surface area contributed by atoms with E-state index in [0.29, 0.717) is 6.79 Å². The number of para-hydroxylation sites is 1. The van der Waals surface area contributed by atoms with E-state index in [2.05, 4.69) is 24.0 Å². The summed E-state index contributed by atoms with van der Waals surface area (Å²) >= 11 is 0.